The molecule has 0 spiro atoms. The Morgan fingerprint density at radius 1 is 0.971 bits per heavy atom. The second kappa shape index (κ2) is 10.2. The van der Waals surface area contributed by atoms with Crippen molar-refractivity contribution in [1.82, 2.24) is 19.8 Å². The summed E-state index contributed by atoms with van der Waals surface area (Å²) in [4.78, 5) is 25.8. The van der Waals surface area contributed by atoms with Gasteiger partial charge in [-0.3, -0.25) is 14.7 Å². The van der Waals surface area contributed by atoms with Gasteiger partial charge in [-0.1, -0.05) is 24.1 Å². The summed E-state index contributed by atoms with van der Waals surface area (Å²) in [6, 6.07) is 17.8. The molecule has 0 saturated carbocycles. The van der Waals surface area contributed by atoms with E-state index in [1.807, 2.05) is 35.2 Å². The van der Waals surface area contributed by atoms with E-state index in [0.717, 1.165) is 37.2 Å². The van der Waals surface area contributed by atoms with Crippen LogP contribution in [-0.2, 0) is 0 Å². The molecule has 34 heavy (non-hydrogen) atoms. The molecule has 6 nitrogen and oxygen atoms in total. The van der Waals surface area contributed by atoms with Gasteiger partial charge in [0.25, 0.3) is 5.91 Å². The van der Waals surface area contributed by atoms with Crippen LogP contribution < -0.4 is 0 Å². The van der Waals surface area contributed by atoms with Gasteiger partial charge in [-0.25, -0.2) is 4.98 Å². The summed E-state index contributed by atoms with van der Waals surface area (Å²) in [5.74, 6) is 6.49. The summed E-state index contributed by atoms with van der Waals surface area (Å²) in [6.07, 6.45) is 7.04. The Morgan fingerprint density at radius 3 is 2.50 bits per heavy atom. The van der Waals surface area contributed by atoms with E-state index in [0.29, 0.717) is 12.1 Å². The summed E-state index contributed by atoms with van der Waals surface area (Å²) < 4.78 is 0. The quantitative estimate of drug-likeness (QED) is 0.619. The number of fused-ring (bicyclic) bond motifs is 1. The zero-order valence-corrected chi connectivity index (χ0v) is 19.0. The number of pyridine rings is 2. The minimum Gasteiger partial charge on any atom is -0.395 e. The topological polar surface area (TPSA) is 69.6 Å². The fraction of sp³-hybridized carbons (Fsp3) is 0.321. The molecule has 0 aliphatic carbocycles. The van der Waals surface area contributed by atoms with Gasteiger partial charge in [0.05, 0.1) is 6.61 Å². The molecule has 1 N–H and O–H groups in total. The van der Waals surface area contributed by atoms with Crippen LogP contribution in [-0.4, -0.2) is 69.1 Å². The van der Waals surface area contributed by atoms with Crippen LogP contribution in [0.4, 0.5) is 0 Å². The first kappa shape index (κ1) is 22.3. The first-order valence-corrected chi connectivity index (χ1v) is 11.8. The second-order valence-corrected chi connectivity index (χ2v) is 8.86. The normalized spacial score (nSPS) is 22.4. The van der Waals surface area contributed by atoms with Crippen molar-refractivity contribution in [3.05, 3.63) is 95.6 Å². The van der Waals surface area contributed by atoms with Crippen LogP contribution in [0.5, 0.6) is 0 Å². The maximum Gasteiger partial charge on any atom is 0.254 e. The zero-order chi connectivity index (χ0) is 23.3. The number of benzene rings is 1. The highest BCUT2D eigenvalue weighted by Gasteiger charge is 2.49. The molecule has 3 atom stereocenters. The van der Waals surface area contributed by atoms with E-state index in [9.17, 15) is 9.90 Å². The molecule has 2 aliphatic rings. The van der Waals surface area contributed by atoms with Crippen molar-refractivity contribution in [2.24, 2.45) is 0 Å². The van der Waals surface area contributed by atoms with Gasteiger partial charge in [0.1, 0.15) is 5.69 Å². The molecule has 1 aromatic carbocycles. The van der Waals surface area contributed by atoms with Gasteiger partial charge in [0.15, 0.2) is 0 Å². The molecule has 0 bridgehead atoms. The van der Waals surface area contributed by atoms with Gasteiger partial charge in [-0.15, -0.1) is 0 Å². The Balaban J connectivity index is 1.35. The van der Waals surface area contributed by atoms with Crippen LogP contribution in [0.15, 0.2) is 73.2 Å². The Kier molecular flexibility index (Phi) is 6.66. The number of carbonyl (C=O) groups is 1. The smallest absolute Gasteiger partial charge is 0.254 e. The average Bonchev–Trinajstić information content (AvgIpc) is 2.88. The lowest BCUT2D eigenvalue weighted by Crippen LogP contribution is -2.67. The molecule has 6 heteroatoms. The molecule has 2 saturated heterocycles. The predicted molar refractivity (Wildman–Crippen MR) is 130 cm³/mol. The van der Waals surface area contributed by atoms with Gasteiger partial charge in [-0.05, 0) is 67.3 Å². The van der Waals surface area contributed by atoms with Crippen LogP contribution in [0.25, 0.3) is 0 Å². The molecule has 2 aromatic heterocycles. The highest BCUT2D eigenvalue weighted by Crippen LogP contribution is 2.42. The van der Waals surface area contributed by atoms with E-state index in [1.165, 1.54) is 5.56 Å². The second-order valence-electron chi connectivity index (χ2n) is 8.86. The number of nitrogens with zero attached hydrogens (tertiary/aromatic N) is 4. The summed E-state index contributed by atoms with van der Waals surface area (Å²) in [7, 11) is 0. The first-order chi connectivity index (χ1) is 16.7. The Morgan fingerprint density at radius 2 is 1.76 bits per heavy atom. The van der Waals surface area contributed by atoms with E-state index in [4.69, 9.17) is 0 Å². The number of hydrogen-bond acceptors (Lipinski definition) is 5. The van der Waals surface area contributed by atoms with E-state index in [2.05, 4.69) is 38.8 Å². The van der Waals surface area contributed by atoms with E-state index < -0.39 is 0 Å². The average molecular weight is 453 g/mol. The van der Waals surface area contributed by atoms with Gasteiger partial charge in [-0.2, -0.15) is 0 Å². The fourth-order valence-corrected chi connectivity index (χ4v) is 5.16. The van der Waals surface area contributed by atoms with E-state index >= 15 is 0 Å². The molecule has 3 aromatic rings. The zero-order valence-electron chi connectivity index (χ0n) is 19.0. The predicted octanol–water partition coefficient (Wildman–Crippen LogP) is 2.94. The SMILES string of the molecule is O=C(c1ccncc1)N1CCCCN2[C@H](CO)[C@H](c3ccc(C#Cc4ccccn4)cc3)[C@@H]2C1. The molecule has 2 fully saturated rings. The minimum atomic E-state index is 0.0515. The van der Waals surface area contributed by atoms with Crippen LogP contribution in [0.3, 0.4) is 0 Å². The molecule has 0 radical (unpaired) electrons. The van der Waals surface area contributed by atoms with Crippen molar-refractivity contribution in [3.63, 3.8) is 0 Å². The Bertz CT molecular complexity index is 1170. The van der Waals surface area contributed by atoms with Crippen molar-refractivity contribution in [2.75, 3.05) is 26.2 Å². The molecular formula is C28H28N4O2. The van der Waals surface area contributed by atoms with Crippen molar-refractivity contribution in [3.8, 4) is 11.8 Å². The summed E-state index contributed by atoms with van der Waals surface area (Å²) >= 11 is 0. The van der Waals surface area contributed by atoms with Crippen LogP contribution in [0.2, 0.25) is 0 Å². The number of aliphatic hydroxyl groups is 1. The largest absolute Gasteiger partial charge is 0.395 e. The van der Waals surface area contributed by atoms with Gasteiger partial charge < -0.3 is 10.0 Å². The summed E-state index contributed by atoms with van der Waals surface area (Å²) in [5.41, 5.74) is 3.53. The number of rotatable bonds is 3. The number of amides is 1. The standard InChI is InChI=1S/C28H28N4O2/c33-20-26-27(22-9-6-21(7-10-22)8-11-24-5-1-2-14-30-24)25-19-31(17-3-4-18-32(25)26)28(34)23-12-15-29-16-13-23/h1-2,5-7,9-10,12-16,25-27,33H,3-4,17-20H2/t25-,26+,27+/m0/s1. The molecular weight excluding hydrogens is 424 g/mol. The molecule has 2 aliphatic heterocycles. The number of carbonyl (C=O) groups excluding carboxylic acids is 1. The third kappa shape index (κ3) is 4.58. The van der Waals surface area contributed by atoms with Crippen LogP contribution >= 0.6 is 0 Å². The first-order valence-electron chi connectivity index (χ1n) is 11.8. The van der Waals surface area contributed by atoms with Gasteiger partial charge in [0.2, 0.25) is 0 Å². The lowest BCUT2D eigenvalue weighted by atomic mass is 9.74. The van der Waals surface area contributed by atoms with E-state index in [-0.39, 0.29) is 30.5 Å². The number of hydrogen-bond donors (Lipinski definition) is 1. The molecule has 5 rings (SSSR count). The maximum atomic E-state index is 13.2. The number of aromatic nitrogens is 2. The summed E-state index contributed by atoms with van der Waals surface area (Å²) in [5, 5.41) is 10.2. The minimum absolute atomic E-state index is 0.0515. The van der Waals surface area contributed by atoms with Gasteiger partial charge >= 0.3 is 0 Å². The highest BCUT2D eigenvalue weighted by atomic mass is 16.3. The highest BCUT2D eigenvalue weighted by molar-refractivity contribution is 5.94. The lowest BCUT2D eigenvalue weighted by Gasteiger charge is -2.57. The monoisotopic (exact) mass is 452 g/mol. The van der Waals surface area contributed by atoms with Crippen molar-refractivity contribution in [1.29, 1.82) is 0 Å². The van der Waals surface area contributed by atoms with Crippen LogP contribution in [0.1, 0.15) is 45.9 Å². The Hall–Kier alpha value is -3.53. The third-order valence-corrected chi connectivity index (χ3v) is 6.88. The van der Waals surface area contributed by atoms with Crippen molar-refractivity contribution < 1.29 is 9.90 Å². The molecule has 1 amide bonds. The summed E-state index contributed by atoms with van der Waals surface area (Å²) in [6.45, 7) is 2.48. The number of aliphatic hydroxyl groups excluding tert-OH is 1. The van der Waals surface area contributed by atoms with E-state index in [1.54, 1.807) is 30.7 Å². The molecule has 0 unspecified atom stereocenters. The molecule has 4 heterocycles. The van der Waals surface area contributed by atoms with Crippen LogP contribution in [0, 0.1) is 11.8 Å². The lowest BCUT2D eigenvalue weighted by molar-refractivity contribution is -0.0606. The van der Waals surface area contributed by atoms with Gasteiger partial charge in [0, 0.05) is 60.8 Å². The third-order valence-electron chi connectivity index (χ3n) is 6.88. The fourth-order valence-electron chi connectivity index (χ4n) is 5.16. The van der Waals surface area contributed by atoms with Crippen molar-refractivity contribution in [2.45, 2.75) is 30.8 Å². The molecule has 172 valence electrons. The Labute approximate surface area is 200 Å². The maximum absolute atomic E-state index is 13.2. The van der Waals surface area contributed by atoms with Crippen molar-refractivity contribution >= 4 is 5.91 Å².